The molecule has 0 bridgehead atoms. The number of aromatic nitrogens is 6. The third-order valence-electron chi connectivity index (χ3n) is 6.12. The van der Waals surface area contributed by atoms with Crippen LogP contribution < -0.4 is 5.32 Å². The Morgan fingerprint density at radius 1 is 1.21 bits per heavy atom. The second-order valence-corrected chi connectivity index (χ2v) is 9.07. The van der Waals surface area contributed by atoms with Gasteiger partial charge in [0.15, 0.2) is 5.65 Å². The first kappa shape index (κ1) is 21.8. The summed E-state index contributed by atoms with van der Waals surface area (Å²) in [6.07, 6.45) is 8.66. The fraction of sp³-hybridized carbons (Fsp3) is 0.391. The molecular weight excluding hydrogens is 486 g/mol. The number of halogens is 1. The predicted octanol–water partition coefficient (Wildman–Crippen LogP) is 3.24. The van der Waals surface area contributed by atoms with Crippen molar-refractivity contribution in [1.29, 1.82) is 0 Å². The first-order valence-electron chi connectivity index (χ1n) is 11.0. The molecule has 1 saturated carbocycles. The first-order valence-corrected chi connectivity index (χ1v) is 11.8. The number of carbonyl (C=O) groups excluding carboxylic acids is 1. The number of carbonyl (C=O) groups is 1. The van der Waals surface area contributed by atoms with Gasteiger partial charge in [0.25, 0.3) is 0 Å². The SMILES string of the molecule is COCCNC(=O)[C@@H]1CC[C@@H](Cc2ncc3c(Br)nn(-c4ccc5nccnc5c4)c3n2)C1. The van der Waals surface area contributed by atoms with Crippen LogP contribution in [0, 0.1) is 11.8 Å². The van der Waals surface area contributed by atoms with Crippen LogP contribution in [-0.2, 0) is 16.0 Å². The van der Waals surface area contributed by atoms with Gasteiger partial charge in [-0.3, -0.25) is 14.8 Å². The normalized spacial score (nSPS) is 18.2. The van der Waals surface area contributed by atoms with Gasteiger partial charge in [0, 0.05) is 44.6 Å². The molecule has 1 N–H and O–H groups in total. The minimum Gasteiger partial charge on any atom is -0.383 e. The largest absolute Gasteiger partial charge is 0.383 e. The highest BCUT2D eigenvalue weighted by Gasteiger charge is 2.30. The summed E-state index contributed by atoms with van der Waals surface area (Å²) in [5.74, 6) is 1.32. The van der Waals surface area contributed by atoms with E-state index in [1.165, 1.54) is 0 Å². The van der Waals surface area contributed by atoms with Crippen LogP contribution in [0.2, 0.25) is 0 Å². The van der Waals surface area contributed by atoms with Gasteiger partial charge in [-0.1, -0.05) is 0 Å². The molecule has 10 heteroatoms. The van der Waals surface area contributed by atoms with Crippen LogP contribution in [0.5, 0.6) is 0 Å². The molecule has 0 aliphatic heterocycles. The third-order valence-corrected chi connectivity index (χ3v) is 6.70. The quantitative estimate of drug-likeness (QED) is 0.381. The van der Waals surface area contributed by atoms with Gasteiger partial charge < -0.3 is 10.1 Å². The monoisotopic (exact) mass is 509 g/mol. The molecule has 1 aliphatic rings. The molecule has 33 heavy (non-hydrogen) atoms. The van der Waals surface area contributed by atoms with Crippen molar-refractivity contribution in [3.05, 3.63) is 47.2 Å². The number of hydrogen-bond donors (Lipinski definition) is 1. The minimum absolute atomic E-state index is 0.0500. The van der Waals surface area contributed by atoms with Crippen LogP contribution in [0.4, 0.5) is 0 Å². The lowest BCUT2D eigenvalue weighted by Crippen LogP contribution is -2.32. The summed E-state index contributed by atoms with van der Waals surface area (Å²) in [5, 5.41) is 8.43. The second kappa shape index (κ2) is 9.48. The van der Waals surface area contributed by atoms with E-state index in [-0.39, 0.29) is 11.8 Å². The molecule has 0 unspecified atom stereocenters. The van der Waals surface area contributed by atoms with E-state index in [0.29, 0.717) is 23.7 Å². The van der Waals surface area contributed by atoms with Crippen molar-refractivity contribution < 1.29 is 9.53 Å². The van der Waals surface area contributed by atoms with E-state index in [1.54, 1.807) is 24.2 Å². The Morgan fingerprint density at radius 3 is 2.91 bits per heavy atom. The zero-order valence-corrected chi connectivity index (χ0v) is 19.8. The van der Waals surface area contributed by atoms with Gasteiger partial charge in [-0.2, -0.15) is 5.10 Å². The van der Waals surface area contributed by atoms with Crippen LogP contribution in [0.1, 0.15) is 25.1 Å². The van der Waals surface area contributed by atoms with E-state index in [2.05, 4.69) is 41.3 Å². The summed E-state index contributed by atoms with van der Waals surface area (Å²) in [6, 6.07) is 5.84. The van der Waals surface area contributed by atoms with E-state index in [9.17, 15) is 4.79 Å². The maximum atomic E-state index is 12.4. The number of hydrogen-bond acceptors (Lipinski definition) is 7. The number of methoxy groups -OCH3 is 1. The number of amides is 1. The fourth-order valence-electron chi connectivity index (χ4n) is 4.44. The summed E-state index contributed by atoms with van der Waals surface area (Å²) in [6.45, 7) is 1.08. The molecule has 5 rings (SSSR count). The molecule has 9 nitrogen and oxygen atoms in total. The van der Waals surface area contributed by atoms with E-state index < -0.39 is 0 Å². The zero-order valence-electron chi connectivity index (χ0n) is 18.2. The van der Waals surface area contributed by atoms with Gasteiger partial charge in [-0.25, -0.2) is 14.6 Å². The van der Waals surface area contributed by atoms with E-state index in [1.807, 2.05) is 24.4 Å². The molecule has 4 aromatic rings. The Bertz CT molecular complexity index is 1310. The molecule has 170 valence electrons. The van der Waals surface area contributed by atoms with Crippen molar-refractivity contribution in [3.8, 4) is 5.69 Å². The van der Waals surface area contributed by atoms with Gasteiger partial charge in [-0.15, -0.1) is 0 Å². The number of rotatable bonds is 7. The summed E-state index contributed by atoms with van der Waals surface area (Å²) >= 11 is 3.53. The minimum atomic E-state index is 0.0500. The summed E-state index contributed by atoms with van der Waals surface area (Å²) in [5.41, 5.74) is 3.22. The predicted molar refractivity (Wildman–Crippen MR) is 127 cm³/mol. The Morgan fingerprint density at radius 2 is 2.06 bits per heavy atom. The summed E-state index contributed by atoms with van der Waals surface area (Å²) in [7, 11) is 1.63. The lowest BCUT2D eigenvalue weighted by atomic mass is 10.0. The van der Waals surface area contributed by atoms with Gasteiger partial charge in [0.1, 0.15) is 10.4 Å². The third kappa shape index (κ3) is 4.58. The highest BCUT2D eigenvalue weighted by molar-refractivity contribution is 9.10. The summed E-state index contributed by atoms with van der Waals surface area (Å²) in [4.78, 5) is 30.5. The number of nitrogens with one attached hydrogen (secondary N) is 1. The lowest BCUT2D eigenvalue weighted by molar-refractivity contribution is -0.125. The van der Waals surface area contributed by atoms with Crippen molar-refractivity contribution in [1.82, 2.24) is 35.0 Å². The van der Waals surface area contributed by atoms with Crippen molar-refractivity contribution in [2.45, 2.75) is 25.7 Å². The maximum absolute atomic E-state index is 12.4. The van der Waals surface area contributed by atoms with Crippen molar-refractivity contribution >= 4 is 43.9 Å². The molecular formula is C23H24BrN7O2. The molecule has 0 saturated heterocycles. The molecule has 2 atom stereocenters. The van der Waals surface area contributed by atoms with Gasteiger partial charge in [0.05, 0.1) is 28.7 Å². The highest BCUT2D eigenvalue weighted by atomic mass is 79.9. The molecule has 3 heterocycles. The fourth-order valence-corrected chi connectivity index (χ4v) is 4.88. The van der Waals surface area contributed by atoms with E-state index >= 15 is 0 Å². The van der Waals surface area contributed by atoms with Crippen molar-refractivity contribution in [3.63, 3.8) is 0 Å². The molecule has 1 fully saturated rings. The molecule has 0 radical (unpaired) electrons. The number of benzene rings is 1. The molecule has 1 aromatic carbocycles. The first-order chi connectivity index (χ1) is 16.1. The molecule has 0 spiro atoms. The Hall–Kier alpha value is -2.98. The lowest BCUT2D eigenvalue weighted by Gasteiger charge is -2.11. The van der Waals surface area contributed by atoms with Crippen LogP contribution in [0.3, 0.4) is 0 Å². The molecule has 1 amide bonds. The smallest absolute Gasteiger partial charge is 0.223 e. The number of fused-ring (bicyclic) bond motifs is 2. The van der Waals surface area contributed by atoms with Crippen molar-refractivity contribution in [2.75, 3.05) is 20.3 Å². The van der Waals surface area contributed by atoms with Crippen LogP contribution >= 0.6 is 15.9 Å². The van der Waals surface area contributed by atoms with E-state index in [4.69, 9.17) is 9.72 Å². The average Bonchev–Trinajstić information content (AvgIpc) is 3.43. The topological polar surface area (TPSA) is 108 Å². The highest BCUT2D eigenvalue weighted by Crippen LogP contribution is 2.33. The molecule has 3 aromatic heterocycles. The van der Waals surface area contributed by atoms with Crippen LogP contribution in [0.15, 0.2) is 41.4 Å². The zero-order chi connectivity index (χ0) is 22.8. The van der Waals surface area contributed by atoms with Gasteiger partial charge in [0.2, 0.25) is 5.91 Å². The van der Waals surface area contributed by atoms with Crippen LogP contribution in [0.25, 0.3) is 27.8 Å². The summed E-state index contributed by atoms with van der Waals surface area (Å²) < 4.78 is 7.50. The Kier molecular flexibility index (Phi) is 6.28. The maximum Gasteiger partial charge on any atom is 0.223 e. The standard InChI is InChI=1S/C23H24BrN7O2/c1-33-9-8-27-23(32)15-3-2-14(10-15)11-20-28-13-17-21(24)30-31(22(17)29-20)16-4-5-18-19(12-16)26-7-6-25-18/h4-7,12-15H,2-3,8-11H2,1H3,(H,27,32)/t14-,15-/m1/s1. The van der Waals surface area contributed by atoms with Gasteiger partial charge in [-0.05, 0) is 59.3 Å². The second-order valence-electron chi connectivity index (χ2n) is 8.32. The average molecular weight is 510 g/mol. The Labute approximate surface area is 199 Å². The van der Waals surface area contributed by atoms with Gasteiger partial charge >= 0.3 is 0 Å². The molecule has 1 aliphatic carbocycles. The number of nitrogens with zero attached hydrogens (tertiary/aromatic N) is 6. The number of ether oxygens (including phenoxy) is 1. The van der Waals surface area contributed by atoms with Crippen LogP contribution in [-0.4, -0.2) is 55.9 Å². The van der Waals surface area contributed by atoms with E-state index in [0.717, 1.165) is 59.3 Å². The van der Waals surface area contributed by atoms with Crippen molar-refractivity contribution in [2.24, 2.45) is 11.8 Å². The Balaban J connectivity index is 1.36.